The lowest BCUT2D eigenvalue weighted by molar-refractivity contribution is -0.140. The molecule has 1 amide bonds. The molecule has 5 heteroatoms. The van der Waals surface area contributed by atoms with Gasteiger partial charge in [0.05, 0.1) is 18.1 Å². The number of amides is 1. The summed E-state index contributed by atoms with van der Waals surface area (Å²) in [5.41, 5.74) is -0.746. The first-order valence-electron chi connectivity index (χ1n) is 7.89. The molecule has 3 atom stereocenters. The number of hydrogen-bond acceptors (Lipinski definition) is 3. The molecule has 0 bridgehead atoms. The molecule has 0 aromatic heterocycles. The largest absolute Gasteiger partial charge is 0.481 e. The van der Waals surface area contributed by atoms with Gasteiger partial charge in [-0.2, -0.15) is 0 Å². The number of aliphatic carboxylic acids is 1. The molecule has 1 rings (SSSR count). The smallest absolute Gasteiger partial charge is 0.305 e. The Hall–Kier alpha value is -1.10. The molecule has 3 unspecified atom stereocenters. The first-order valence-corrected chi connectivity index (χ1v) is 7.89. The van der Waals surface area contributed by atoms with Crippen LogP contribution in [0.2, 0.25) is 0 Å². The molecule has 0 aromatic carbocycles. The molecule has 122 valence electrons. The second kappa shape index (κ2) is 7.78. The molecule has 1 aliphatic rings. The normalized spacial score (nSPS) is 25.4. The molecule has 0 aromatic rings. The lowest BCUT2D eigenvalue weighted by atomic mass is 9.85. The predicted molar refractivity (Wildman–Crippen MR) is 81.0 cm³/mol. The molecule has 5 nitrogen and oxygen atoms in total. The summed E-state index contributed by atoms with van der Waals surface area (Å²) in [6.07, 6.45) is 4.60. The molecular weight excluding hydrogens is 270 g/mol. The second-order valence-corrected chi connectivity index (χ2v) is 6.80. The quantitative estimate of drug-likeness (QED) is 0.757. The Morgan fingerprint density at radius 1 is 1.33 bits per heavy atom. The summed E-state index contributed by atoms with van der Waals surface area (Å²) < 4.78 is 5.73. The lowest BCUT2D eigenvalue weighted by Gasteiger charge is -2.34. The third-order valence-electron chi connectivity index (χ3n) is 4.68. The van der Waals surface area contributed by atoms with Gasteiger partial charge in [0.1, 0.15) is 6.61 Å². The van der Waals surface area contributed by atoms with E-state index in [1.807, 2.05) is 13.8 Å². The van der Waals surface area contributed by atoms with Gasteiger partial charge in [-0.3, -0.25) is 9.59 Å². The summed E-state index contributed by atoms with van der Waals surface area (Å²) in [5.74, 6) is -0.619. The average Bonchev–Trinajstić information content (AvgIpc) is 2.36. The van der Waals surface area contributed by atoms with Crippen molar-refractivity contribution < 1.29 is 19.4 Å². The van der Waals surface area contributed by atoms with Gasteiger partial charge >= 0.3 is 5.97 Å². The van der Waals surface area contributed by atoms with Crippen molar-refractivity contribution in [2.45, 2.75) is 71.4 Å². The Labute approximate surface area is 127 Å². The van der Waals surface area contributed by atoms with Gasteiger partial charge in [-0.25, -0.2) is 0 Å². The van der Waals surface area contributed by atoms with E-state index in [4.69, 9.17) is 9.84 Å². The highest BCUT2D eigenvalue weighted by molar-refractivity contribution is 5.79. The topological polar surface area (TPSA) is 75.6 Å². The molecule has 0 heterocycles. The Morgan fingerprint density at radius 2 is 1.95 bits per heavy atom. The summed E-state index contributed by atoms with van der Waals surface area (Å²) in [6.45, 7) is 7.76. The zero-order valence-corrected chi connectivity index (χ0v) is 13.6. The van der Waals surface area contributed by atoms with Gasteiger partial charge in [0, 0.05) is 0 Å². The number of rotatable bonds is 7. The van der Waals surface area contributed by atoms with Gasteiger partial charge < -0.3 is 15.2 Å². The van der Waals surface area contributed by atoms with Crippen molar-refractivity contribution in [3.8, 4) is 0 Å². The van der Waals surface area contributed by atoms with E-state index in [1.54, 1.807) is 6.92 Å². The van der Waals surface area contributed by atoms with Crippen molar-refractivity contribution >= 4 is 11.9 Å². The molecular formula is C16H29NO4. The number of carbonyl (C=O) groups excluding carboxylic acids is 1. The van der Waals surface area contributed by atoms with Crippen LogP contribution in [0.1, 0.15) is 59.8 Å². The molecule has 1 aliphatic carbocycles. The number of hydrogen-bond donors (Lipinski definition) is 2. The molecule has 0 saturated heterocycles. The molecule has 1 saturated carbocycles. The maximum atomic E-state index is 12.1. The maximum absolute atomic E-state index is 12.1. The van der Waals surface area contributed by atoms with Crippen LogP contribution in [0.4, 0.5) is 0 Å². The van der Waals surface area contributed by atoms with E-state index < -0.39 is 11.5 Å². The molecule has 0 spiro atoms. The second-order valence-electron chi connectivity index (χ2n) is 6.80. The predicted octanol–water partition coefficient (Wildman–Crippen LogP) is 2.59. The van der Waals surface area contributed by atoms with E-state index in [2.05, 4.69) is 12.2 Å². The van der Waals surface area contributed by atoms with E-state index in [1.165, 1.54) is 6.42 Å². The highest BCUT2D eigenvalue weighted by atomic mass is 16.5. The van der Waals surface area contributed by atoms with Crippen LogP contribution < -0.4 is 5.32 Å². The van der Waals surface area contributed by atoms with E-state index in [0.717, 1.165) is 19.3 Å². The number of carbonyl (C=O) groups is 2. The Bertz CT molecular complexity index is 369. The first kappa shape index (κ1) is 18.0. The van der Waals surface area contributed by atoms with Crippen LogP contribution in [-0.4, -0.2) is 35.2 Å². The zero-order valence-electron chi connectivity index (χ0n) is 13.6. The van der Waals surface area contributed by atoms with Crippen LogP contribution in [0.3, 0.4) is 0 Å². The molecule has 0 aliphatic heterocycles. The minimum Gasteiger partial charge on any atom is -0.481 e. The molecule has 0 radical (unpaired) electrons. The fraction of sp³-hybridized carbons (Fsp3) is 0.875. The highest BCUT2D eigenvalue weighted by Crippen LogP contribution is 2.26. The zero-order chi connectivity index (χ0) is 16.0. The van der Waals surface area contributed by atoms with Gasteiger partial charge in [-0.15, -0.1) is 0 Å². The van der Waals surface area contributed by atoms with Gasteiger partial charge in [0.15, 0.2) is 0 Å². The third-order valence-corrected chi connectivity index (χ3v) is 4.68. The van der Waals surface area contributed by atoms with E-state index >= 15 is 0 Å². The van der Waals surface area contributed by atoms with Crippen LogP contribution >= 0.6 is 0 Å². The minimum atomic E-state index is -0.909. The minimum absolute atomic E-state index is 0.0108. The number of carboxylic acid groups (broad SMARTS) is 1. The van der Waals surface area contributed by atoms with Gasteiger partial charge in [-0.05, 0) is 31.6 Å². The Morgan fingerprint density at radius 3 is 2.48 bits per heavy atom. The average molecular weight is 299 g/mol. The highest BCUT2D eigenvalue weighted by Gasteiger charge is 2.33. The summed E-state index contributed by atoms with van der Waals surface area (Å²) in [4.78, 5) is 23.0. The fourth-order valence-corrected chi connectivity index (χ4v) is 2.77. The summed E-state index contributed by atoms with van der Waals surface area (Å²) in [7, 11) is 0. The van der Waals surface area contributed by atoms with Crippen LogP contribution in [0.15, 0.2) is 0 Å². The molecule has 21 heavy (non-hydrogen) atoms. The number of nitrogens with one attached hydrogen (secondary N) is 1. The van der Waals surface area contributed by atoms with Crippen LogP contribution in [0.25, 0.3) is 0 Å². The number of ether oxygens (including phenoxy) is 1. The maximum Gasteiger partial charge on any atom is 0.305 e. The first-order chi connectivity index (χ1) is 9.74. The number of carboxylic acids is 1. The molecule has 2 N–H and O–H groups in total. The Balaban J connectivity index is 2.48. The van der Waals surface area contributed by atoms with Gasteiger partial charge in [0.2, 0.25) is 5.91 Å². The van der Waals surface area contributed by atoms with Crippen molar-refractivity contribution in [3.63, 3.8) is 0 Å². The van der Waals surface area contributed by atoms with Gasteiger partial charge in [0.25, 0.3) is 0 Å². The monoisotopic (exact) mass is 299 g/mol. The van der Waals surface area contributed by atoms with Gasteiger partial charge in [-0.1, -0.05) is 33.6 Å². The summed E-state index contributed by atoms with van der Waals surface area (Å²) in [6, 6.07) is 0. The van der Waals surface area contributed by atoms with Crippen molar-refractivity contribution in [1.82, 2.24) is 5.32 Å². The molecule has 1 fully saturated rings. The van der Waals surface area contributed by atoms with Crippen LogP contribution in [0.5, 0.6) is 0 Å². The van der Waals surface area contributed by atoms with E-state index in [0.29, 0.717) is 5.92 Å². The third kappa shape index (κ3) is 5.65. The van der Waals surface area contributed by atoms with Crippen molar-refractivity contribution in [1.29, 1.82) is 0 Å². The standard InChI is InChI=1S/C16H29NO4/c1-11(2)16(4,9-15(19)20)17-14(18)10-21-13-8-6-5-7-12(13)3/h11-13H,5-10H2,1-4H3,(H,17,18)(H,19,20). The Kier molecular flexibility index (Phi) is 6.65. The SMILES string of the molecule is CC1CCCCC1OCC(=O)NC(C)(CC(=O)O)C(C)C. The lowest BCUT2D eigenvalue weighted by Crippen LogP contribution is -2.52. The van der Waals surface area contributed by atoms with Crippen LogP contribution in [-0.2, 0) is 14.3 Å². The van der Waals surface area contributed by atoms with Crippen molar-refractivity contribution in [2.24, 2.45) is 11.8 Å². The van der Waals surface area contributed by atoms with Crippen molar-refractivity contribution in [3.05, 3.63) is 0 Å². The summed E-state index contributed by atoms with van der Waals surface area (Å²) >= 11 is 0. The van der Waals surface area contributed by atoms with Crippen molar-refractivity contribution in [2.75, 3.05) is 6.61 Å². The fourth-order valence-electron chi connectivity index (χ4n) is 2.77. The summed E-state index contributed by atoms with van der Waals surface area (Å²) in [5, 5.41) is 11.8. The van der Waals surface area contributed by atoms with E-state index in [-0.39, 0.29) is 31.0 Å². The van der Waals surface area contributed by atoms with Crippen LogP contribution in [0, 0.1) is 11.8 Å². The van der Waals surface area contributed by atoms with E-state index in [9.17, 15) is 9.59 Å².